The number of aromatic nitrogens is 1. The van der Waals surface area contributed by atoms with Crippen molar-refractivity contribution in [3.05, 3.63) is 33.9 Å². The first kappa shape index (κ1) is 17.4. The largest absolute Gasteiger partial charge is 0.656 e. The second kappa shape index (κ2) is 7.34. The van der Waals surface area contributed by atoms with E-state index in [9.17, 15) is 0 Å². The van der Waals surface area contributed by atoms with Crippen LogP contribution in [0.25, 0.3) is 10.4 Å². The van der Waals surface area contributed by atoms with Crippen molar-refractivity contribution >= 4 is 5.71 Å². The Labute approximate surface area is 160 Å². The van der Waals surface area contributed by atoms with Crippen LogP contribution in [0.3, 0.4) is 0 Å². The highest BCUT2D eigenvalue weighted by Gasteiger charge is 2.34. The smallest absolute Gasteiger partial charge is 0.339 e. The lowest BCUT2D eigenvalue weighted by Crippen LogP contribution is -2.40. The quantitative estimate of drug-likeness (QED) is 0.486. The van der Waals surface area contributed by atoms with Crippen LogP contribution in [0, 0.1) is 5.39 Å². The van der Waals surface area contributed by atoms with Gasteiger partial charge in [0.25, 0.3) is 5.39 Å². The first-order valence-electron chi connectivity index (χ1n) is 10.6. The zero-order chi connectivity index (χ0) is 18.2. The van der Waals surface area contributed by atoms with Gasteiger partial charge in [-0.25, -0.2) is 0 Å². The zero-order valence-electron chi connectivity index (χ0n) is 15.8. The van der Waals surface area contributed by atoms with E-state index in [2.05, 4.69) is 37.9 Å². The van der Waals surface area contributed by atoms with Gasteiger partial charge in [0, 0.05) is 23.8 Å². The van der Waals surface area contributed by atoms with E-state index in [4.69, 9.17) is 10.7 Å². The second-order valence-corrected chi connectivity index (χ2v) is 8.81. The molecular formula is C20H29N7. The summed E-state index contributed by atoms with van der Waals surface area (Å²) in [7, 11) is 0. The van der Waals surface area contributed by atoms with Gasteiger partial charge in [-0.1, -0.05) is 19.3 Å². The predicted octanol–water partition coefficient (Wildman–Crippen LogP) is 3.05. The molecule has 0 aromatic carbocycles. The summed E-state index contributed by atoms with van der Waals surface area (Å²) in [5, 5.41) is 29.0. The summed E-state index contributed by atoms with van der Waals surface area (Å²) in [4.78, 5) is 3.51. The molecule has 3 fully saturated rings. The van der Waals surface area contributed by atoms with E-state index < -0.39 is 0 Å². The van der Waals surface area contributed by atoms with Crippen molar-refractivity contribution < 1.29 is 0 Å². The van der Waals surface area contributed by atoms with Gasteiger partial charge in [0.2, 0.25) is 0 Å². The van der Waals surface area contributed by atoms with Crippen molar-refractivity contribution in [1.29, 1.82) is 5.39 Å². The summed E-state index contributed by atoms with van der Waals surface area (Å²) >= 11 is 0. The number of hydrogen-bond acceptors (Lipinski definition) is 4. The predicted molar refractivity (Wildman–Crippen MR) is 105 cm³/mol. The minimum Gasteiger partial charge on any atom is -0.656 e. The Morgan fingerprint density at radius 3 is 2.59 bits per heavy atom. The summed E-state index contributed by atoms with van der Waals surface area (Å²) in [6, 6.07) is 7.03. The van der Waals surface area contributed by atoms with Gasteiger partial charge < -0.3 is 20.9 Å². The molecule has 6 unspecified atom stereocenters. The van der Waals surface area contributed by atoms with E-state index in [1.54, 1.807) is 0 Å². The van der Waals surface area contributed by atoms with Crippen molar-refractivity contribution in [1.82, 2.24) is 15.6 Å². The van der Waals surface area contributed by atoms with E-state index in [0.29, 0.717) is 30.2 Å². The second-order valence-electron chi connectivity index (χ2n) is 8.81. The molecule has 4 aliphatic heterocycles. The summed E-state index contributed by atoms with van der Waals surface area (Å²) in [5.41, 5.74) is 2.98. The molecule has 1 aromatic heterocycles. The van der Waals surface area contributed by atoms with Crippen LogP contribution in [0.15, 0.2) is 17.2 Å². The lowest BCUT2D eigenvalue weighted by molar-refractivity contribution is 0.425. The van der Waals surface area contributed by atoms with Gasteiger partial charge in [-0.05, 0) is 50.7 Å². The van der Waals surface area contributed by atoms with Crippen LogP contribution < -0.4 is 10.6 Å². The maximum Gasteiger partial charge on any atom is 0.339 e. The standard InChI is InChI=1S/C20H29N7/c21-27-26-20-18-7-5-16(24-18)10-14-3-1-12(22-14)9-13-2-4-15(23-13)11-17-6-8-19(20)25-17/h5,7,12-15,17,19,23-25H,1-4,6,8-11H2. The molecule has 0 spiro atoms. The van der Waals surface area contributed by atoms with Crippen molar-refractivity contribution in [2.45, 2.75) is 94.0 Å². The van der Waals surface area contributed by atoms with Gasteiger partial charge >= 0.3 is 5.08 Å². The van der Waals surface area contributed by atoms with Crippen LogP contribution >= 0.6 is 0 Å². The van der Waals surface area contributed by atoms with Gasteiger partial charge in [0.1, 0.15) is 0 Å². The summed E-state index contributed by atoms with van der Waals surface area (Å²) in [5.74, 6) is 0. The van der Waals surface area contributed by atoms with Gasteiger partial charge in [-0.15, -0.1) is 12.1 Å². The summed E-state index contributed by atoms with van der Waals surface area (Å²) in [6.45, 7) is 0. The maximum atomic E-state index is 9.10. The zero-order valence-corrected chi connectivity index (χ0v) is 15.8. The Morgan fingerprint density at radius 1 is 0.926 bits per heavy atom. The molecule has 7 nitrogen and oxygen atoms in total. The molecule has 0 aliphatic carbocycles. The Bertz CT molecular complexity index is 748. The fraction of sp³-hybridized carbons (Fsp3) is 0.750. The van der Waals surface area contributed by atoms with Crippen molar-refractivity contribution in [2.75, 3.05) is 0 Å². The highest BCUT2D eigenvalue weighted by molar-refractivity contribution is 6.03. The molecule has 7 heteroatoms. The lowest BCUT2D eigenvalue weighted by Gasteiger charge is -2.31. The van der Waals surface area contributed by atoms with Gasteiger partial charge in [0.05, 0.1) is 11.7 Å². The lowest BCUT2D eigenvalue weighted by atomic mass is 10.0. The molecule has 5 rings (SSSR count). The molecule has 27 heavy (non-hydrogen) atoms. The van der Waals surface area contributed by atoms with Gasteiger partial charge in [-0.2, -0.15) is 0 Å². The number of nitrogens with one attached hydrogen (secondary N) is 3. The third kappa shape index (κ3) is 3.66. The van der Waals surface area contributed by atoms with Crippen molar-refractivity contribution in [2.24, 2.45) is 5.10 Å². The third-order valence-corrected chi connectivity index (χ3v) is 6.92. The monoisotopic (exact) mass is 367 g/mol. The topological polar surface area (TPSA) is 94.5 Å². The van der Waals surface area contributed by atoms with E-state index in [1.165, 1.54) is 37.8 Å². The molecule has 6 atom stereocenters. The first-order chi connectivity index (χ1) is 13.3. The van der Waals surface area contributed by atoms with Crippen LogP contribution in [0.1, 0.15) is 62.8 Å². The highest BCUT2D eigenvalue weighted by atomic mass is 15.3. The Morgan fingerprint density at radius 2 is 1.70 bits per heavy atom. The van der Waals surface area contributed by atoms with Crippen molar-refractivity contribution in [3.63, 3.8) is 0 Å². The Kier molecular flexibility index (Phi) is 4.72. The third-order valence-electron chi connectivity index (χ3n) is 6.92. The van der Waals surface area contributed by atoms with Crippen molar-refractivity contribution in [3.8, 4) is 0 Å². The van der Waals surface area contributed by atoms with E-state index in [-0.39, 0.29) is 6.04 Å². The van der Waals surface area contributed by atoms with E-state index >= 15 is 0 Å². The number of fused-ring (bicyclic) bond motifs is 8. The summed E-state index contributed by atoms with van der Waals surface area (Å²) in [6.07, 6.45) is 10.5. The van der Waals surface area contributed by atoms with Crippen LogP contribution in [0.2, 0.25) is 0 Å². The molecule has 0 radical (unpaired) electrons. The maximum absolute atomic E-state index is 9.10. The average molecular weight is 368 g/mol. The number of diazo groups is 1. The molecule has 4 aliphatic rings. The minimum atomic E-state index is 0.142. The number of nitrogens with zero attached hydrogens (tertiary/aromatic N) is 4. The Hall–Kier alpha value is -1.75. The highest BCUT2D eigenvalue weighted by Crippen LogP contribution is 2.33. The molecule has 3 saturated heterocycles. The normalized spacial score (nSPS) is 40.3. The van der Waals surface area contributed by atoms with Crippen LogP contribution in [0.4, 0.5) is 0 Å². The molecule has 8 bridgehead atoms. The molecular weight excluding hydrogens is 338 g/mol. The molecule has 1 aromatic rings. The van der Waals surface area contributed by atoms with E-state index in [0.717, 1.165) is 37.1 Å². The molecule has 3 N–H and O–H groups in total. The summed E-state index contributed by atoms with van der Waals surface area (Å²) < 4.78 is 0. The SMILES string of the molecule is N#[N+]N=C1c2ccc([nH]2)CC2CCC(CC3CCC(CC4CCC1N4)N3)[N-]2. The number of rotatable bonds is 0. The Balaban J connectivity index is 1.41. The first-order valence-corrected chi connectivity index (χ1v) is 10.6. The molecule has 0 saturated carbocycles. The molecule has 0 amide bonds. The number of hydrogen-bond donors (Lipinski definition) is 3. The number of aromatic amines is 1. The fourth-order valence-electron chi connectivity index (χ4n) is 5.65. The minimum absolute atomic E-state index is 0.142. The molecule has 144 valence electrons. The van der Waals surface area contributed by atoms with Crippen LogP contribution in [-0.4, -0.2) is 46.9 Å². The van der Waals surface area contributed by atoms with Gasteiger partial charge in [0.15, 0.2) is 10.8 Å². The number of H-pyrrole nitrogens is 1. The van der Waals surface area contributed by atoms with Crippen LogP contribution in [-0.2, 0) is 6.42 Å². The van der Waals surface area contributed by atoms with Gasteiger partial charge in [-0.3, -0.25) is 0 Å². The molecule has 5 heterocycles. The van der Waals surface area contributed by atoms with Crippen LogP contribution in [0.5, 0.6) is 0 Å². The van der Waals surface area contributed by atoms with E-state index in [1.807, 2.05) is 0 Å². The average Bonchev–Trinajstić information content (AvgIpc) is 3.43. The fourth-order valence-corrected chi connectivity index (χ4v) is 5.65.